The second kappa shape index (κ2) is 6.81. The normalized spacial score (nSPS) is 21.3. The van der Waals surface area contributed by atoms with Crippen molar-refractivity contribution in [2.24, 2.45) is 0 Å². The van der Waals surface area contributed by atoms with Crippen LogP contribution >= 0.6 is 27.3 Å². The van der Waals surface area contributed by atoms with Crippen LogP contribution in [0.1, 0.15) is 38.5 Å². The van der Waals surface area contributed by atoms with Crippen molar-refractivity contribution in [2.45, 2.75) is 51.2 Å². The fourth-order valence-corrected chi connectivity index (χ4v) is 4.44. The maximum absolute atomic E-state index is 12.6. The monoisotopic (exact) mass is 403 g/mol. The van der Waals surface area contributed by atoms with Gasteiger partial charge in [0, 0.05) is 22.3 Å². The summed E-state index contributed by atoms with van der Waals surface area (Å²) < 4.78 is 11.5. The fraction of sp³-hybridized carbons (Fsp3) is 0.625. The summed E-state index contributed by atoms with van der Waals surface area (Å²) in [6.45, 7) is 5.94. The molecule has 1 saturated heterocycles. The second-order valence-corrected chi connectivity index (χ2v) is 8.48. The Hall–Kier alpha value is -1.08. The molecule has 1 amide bonds. The molecule has 23 heavy (non-hydrogen) atoms. The summed E-state index contributed by atoms with van der Waals surface area (Å²) in [7, 11) is 1.36. The molecule has 1 aliphatic heterocycles. The van der Waals surface area contributed by atoms with E-state index in [9.17, 15) is 9.59 Å². The first kappa shape index (κ1) is 18.3. The smallest absolute Gasteiger partial charge is 0.411 e. The van der Waals surface area contributed by atoms with Crippen LogP contribution in [-0.2, 0) is 20.7 Å². The Morgan fingerprint density at radius 3 is 2.65 bits per heavy atom. The van der Waals surface area contributed by atoms with E-state index in [2.05, 4.69) is 15.9 Å². The number of nitrogens with zero attached hydrogens (tertiary/aromatic N) is 1. The van der Waals surface area contributed by atoms with E-state index < -0.39 is 17.2 Å². The summed E-state index contributed by atoms with van der Waals surface area (Å²) in [4.78, 5) is 27.7. The summed E-state index contributed by atoms with van der Waals surface area (Å²) in [5.41, 5.74) is -1.60. The highest BCUT2D eigenvalue weighted by Gasteiger charge is 2.52. The van der Waals surface area contributed by atoms with E-state index in [1.54, 1.807) is 11.3 Å². The van der Waals surface area contributed by atoms with Crippen LogP contribution in [0.3, 0.4) is 0 Å². The Kier molecular flexibility index (Phi) is 5.41. The number of thiophene rings is 1. The lowest BCUT2D eigenvalue weighted by Gasteiger charge is -2.36. The lowest BCUT2D eigenvalue weighted by atomic mass is 9.91. The minimum atomic E-state index is -0.996. The van der Waals surface area contributed by atoms with Gasteiger partial charge in [0.1, 0.15) is 11.1 Å². The van der Waals surface area contributed by atoms with E-state index in [-0.39, 0.29) is 5.97 Å². The van der Waals surface area contributed by atoms with Gasteiger partial charge in [0.2, 0.25) is 0 Å². The maximum atomic E-state index is 12.6. The van der Waals surface area contributed by atoms with E-state index in [0.29, 0.717) is 19.4 Å². The van der Waals surface area contributed by atoms with Crippen molar-refractivity contribution in [3.8, 4) is 0 Å². The van der Waals surface area contributed by atoms with Gasteiger partial charge in [-0.3, -0.25) is 4.90 Å². The van der Waals surface area contributed by atoms with Crippen molar-refractivity contribution in [1.29, 1.82) is 0 Å². The summed E-state index contributed by atoms with van der Waals surface area (Å²) >= 11 is 5.05. The van der Waals surface area contributed by atoms with Crippen LogP contribution in [0.15, 0.2) is 15.9 Å². The van der Waals surface area contributed by atoms with E-state index in [4.69, 9.17) is 9.47 Å². The molecule has 7 heteroatoms. The van der Waals surface area contributed by atoms with E-state index in [0.717, 1.165) is 15.8 Å². The molecule has 0 saturated carbocycles. The van der Waals surface area contributed by atoms with Gasteiger partial charge < -0.3 is 9.47 Å². The molecule has 0 aliphatic carbocycles. The molecule has 128 valence electrons. The Balaban J connectivity index is 2.34. The van der Waals surface area contributed by atoms with Gasteiger partial charge in [0.15, 0.2) is 0 Å². The number of hydrogen-bond acceptors (Lipinski definition) is 5. The topological polar surface area (TPSA) is 55.8 Å². The van der Waals surface area contributed by atoms with Gasteiger partial charge in [-0.2, -0.15) is 0 Å². The number of halogens is 1. The van der Waals surface area contributed by atoms with Crippen molar-refractivity contribution in [1.82, 2.24) is 4.90 Å². The number of ether oxygens (including phenoxy) is 2. The molecule has 1 aromatic rings. The SMILES string of the molecule is COC(=O)C1(Cc2sccc2Br)CCCN1C(=O)OC(C)(C)C. The predicted molar refractivity (Wildman–Crippen MR) is 92.6 cm³/mol. The number of esters is 1. The molecule has 0 radical (unpaired) electrons. The highest BCUT2D eigenvalue weighted by Crippen LogP contribution is 2.38. The predicted octanol–water partition coefficient (Wildman–Crippen LogP) is 4.00. The van der Waals surface area contributed by atoms with Crippen molar-refractivity contribution in [2.75, 3.05) is 13.7 Å². The molecule has 1 atom stereocenters. The number of likely N-dealkylation sites (tertiary alicyclic amines) is 1. The van der Waals surface area contributed by atoms with Gasteiger partial charge in [0.05, 0.1) is 7.11 Å². The Morgan fingerprint density at radius 2 is 2.13 bits per heavy atom. The lowest BCUT2D eigenvalue weighted by molar-refractivity contribution is -0.153. The third-order valence-corrected chi connectivity index (χ3v) is 5.74. The third kappa shape index (κ3) is 3.88. The number of carbonyl (C=O) groups excluding carboxylic acids is 2. The van der Waals surface area contributed by atoms with Crippen LogP contribution in [-0.4, -0.2) is 41.8 Å². The average molecular weight is 404 g/mol. The van der Waals surface area contributed by atoms with Gasteiger partial charge in [0.25, 0.3) is 0 Å². The van der Waals surface area contributed by atoms with E-state index in [1.807, 2.05) is 32.2 Å². The van der Waals surface area contributed by atoms with Crippen molar-refractivity contribution in [3.63, 3.8) is 0 Å². The zero-order valence-corrected chi connectivity index (χ0v) is 16.3. The van der Waals surface area contributed by atoms with Crippen LogP contribution in [0, 0.1) is 0 Å². The molecule has 5 nitrogen and oxygen atoms in total. The van der Waals surface area contributed by atoms with Gasteiger partial charge in [-0.05, 0) is 61.0 Å². The molecule has 2 heterocycles. The molecular formula is C16H22BrNO4S. The summed E-state index contributed by atoms with van der Waals surface area (Å²) in [6, 6.07) is 1.94. The van der Waals surface area contributed by atoms with Crippen LogP contribution in [0.5, 0.6) is 0 Å². The van der Waals surface area contributed by atoms with Crippen LogP contribution in [0.25, 0.3) is 0 Å². The minimum absolute atomic E-state index is 0.388. The van der Waals surface area contributed by atoms with E-state index in [1.165, 1.54) is 12.0 Å². The van der Waals surface area contributed by atoms with E-state index >= 15 is 0 Å². The summed E-state index contributed by atoms with van der Waals surface area (Å²) in [6.07, 6.45) is 1.28. The molecule has 1 aromatic heterocycles. The summed E-state index contributed by atoms with van der Waals surface area (Å²) in [5.74, 6) is -0.388. The molecule has 1 fully saturated rings. The lowest BCUT2D eigenvalue weighted by Crippen LogP contribution is -2.56. The molecule has 0 spiro atoms. The first-order valence-corrected chi connectivity index (χ1v) is 9.18. The first-order chi connectivity index (χ1) is 10.7. The highest BCUT2D eigenvalue weighted by atomic mass is 79.9. The molecular weight excluding hydrogens is 382 g/mol. The number of hydrogen-bond donors (Lipinski definition) is 0. The molecule has 0 N–H and O–H groups in total. The van der Waals surface area contributed by atoms with Gasteiger partial charge in [-0.1, -0.05) is 0 Å². The van der Waals surface area contributed by atoms with Gasteiger partial charge in [-0.25, -0.2) is 9.59 Å². The van der Waals surface area contributed by atoms with Gasteiger partial charge in [-0.15, -0.1) is 11.3 Å². The van der Waals surface area contributed by atoms with Crippen LogP contribution in [0.4, 0.5) is 4.79 Å². The third-order valence-electron chi connectivity index (χ3n) is 3.81. The molecule has 1 unspecified atom stereocenters. The van der Waals surface area contributed by atoms with Crippen LogP contribution < -0.4 is 0 Å². The molecule has 0 aromatic carbocycles. The highest BCUT2D eigenvalue weighted by molar-refractivity contribution is 9.10. The zero-order chi connectivity index (χ0) is 17.3. The Bertz CT molecular complexity index is 595. The average Bonchev–Trinajstić information content (AvgIpc) is 3.04. The molecule has 0 bridgehead atoms. The number of amides is 1. The van der Waals surface area contributed by atoms with Crippen molar-refractivity contribution in [3.05, 3.63) is 20.8 Å². The standard InChI is InChI=1S/C16H22BrNO4S/c1-15(2,3)22-14(20)18-8-5-7-16(18,13(19)21-4)10-12-11(17)6-9-23-12/h6,9H,5,7-8,10H2,1-4H3. The second-order valence-electron chi connectivity index (χ2n) is 6.63. The Labute approximate surface area is 149 Å². The fourth-order valence-electron chi connectivity index (χ4n) is 2.84. The van der Waals surface area contributed by atoms with Crippen LogP contribution in [0.2, 0.25) is 0 Å². The number of rotatable bonds is 3. The van der Waals surface area contributed by atoms with Crippen molar-refractivity contribution >= 4 is 39.3 Å². The quantitative estimate of drug-likeness (QED) is 0.715. The molecule has 1 aliphatic rings. The minimum Gasteiger partial charge on any atom is -0.467 e. The van der Waals surface area contributed by atoms with Gasteiger partial charge >= 0.3 is 12.1 Å². The number of carbonyl (C=O) groups is 2. The Morgan fingerprint density at radius 1 is 1.43 bits per heavy atom. The van der Waals surface area contributed by atoms with Crippen molar-refractivity contribution < 1.29 is 19.1 Å². The largest absolute Gasteiger partial charge is 0.467 e. The number of methoxy groups -OCH3 is 1. The molecule has 2 rings (SSSR count). The zero-order valence-electron chi connectivity index (χ0n) is 13.8. The first-order valence-electron chi connectivity index (χ1n) is 7.50. The maximum Gasteiger partial charge on any atom is 0.411 e. The summed E-state index contributed by atoms with van der Waals surface area (Å²) in [5, 5.41) is 1.96.